The van der Waals surface area contributed by atoms with Crippen LogP contribution in [0, 0.1) is 6.92 Å². The summed E-state index contributed by atoms with van der Waals surface area (Å²) < 4.78 is 16.4. The number of nitrogens with zero attached hydrogens (tertiary/aromatic N) is 2. The molecule has 0 spiro atoms. The molecule has 21 heavy (non-hydrogen) atoms. The summed E-state index contributed by atoms with van der Waals surface area (Å²) in [6.45, 7) is 4.71. The molecule has 0 unspecified atom stereocenters. The summed E-state index contributed by atoms with van der Waals surface area (Å²) in [6.07, 6.45) is 2.57. The Balaban J connectivity index is 1.57. The van der Waals surface area contributed by atoms with Crippen LogP contribution in [0.3, 0.4) is 0 Å². The van der Waals surface area contributed by atoms with Crippen LogP contribution in [0.25, 0.3) is 10.9 Å². The quantitative estimate of drug-likeness (QED) is 0.607. The molecule has 0 bridgehead atoms. The van der Waals surface area contributed by atoms with E-state index in [1.807, 2.05) is 19.1 Å². The number of aromatic nitrogens is 2. The van der Waals surface area contributed by atoms with Crippen molar-refractivity contribution >= 4 is 22.5 Å². The third-order valence-electron chi connectivity index (χ3n) is 3.39. The van der Waals surface area contributed by atoms with Gasteiger partial charge in [0, 0.05) is 17.9 Å². The lowest BCUT2D eigenvalue weighted by Gasteiger charge is -2.25. The number of aryl methyl sites for hydroxylation is 1. The average molecular weight is 309 g/mol. The van der Waals surface area contributed by atoms with Crippen LogP contribution >= 0.6 is 11.6 Å². The molecule has 0 saturated carbocycles. The molecule has 0 N–H and O–H groups in total. The Bertz CT molecular complexity index is 632. The highest BCUT2D eigenvalue weighted by atomic mass is 35.5. The van der Waals surface area contributed by atoms with E-state index >= 15 is 0 Å². The molecular formula is C15H17ClN2O3. The van der Waals surface area contributed by atoms with Crippen molar-refractivity contribution in [2.24, 2.45) is 0 Å². The Morgan fingerprint density at radius 1 is 1.29 bits per heavy atom. The van der Waals surface area contributed by atoms with E-state index in [1.54, 1.807) is 0 Å². The lowest BCUT2D eigenvalue weighted by Crippen LogP contribution is -2.36. The van der Waals surface area contributed by atoms with Gasteiger partial charge in [-0.25, -0.2) is 9.97 Å². The highest BCUT2D eigenvalue weighted by molar-refractivity contribution is 6.34. The second-order valence-corrected chi connectivity index (χ2v) is 5.39. The molecule has 1 saturated heterocycles. The largest absolute Gasteiger partial charge is 0.493 e. The number of hydrogen-bond acceptors (Lipinski definition) is 5. The van der Waals surface area contributed by atoms with Gasteiger partial charge in [-0.15, -0.1) is 0 Å². The fourth-order valence-corrected chi connectivity index (χ4v) is 2.31. The topological polar surface area (TPSA) is 53.5 Å². The number of fused-ring (bicyclic) bond motifs is 1. The van der Waals surface area contributed by atoms with Crippen LogP contribution in [0.1, 0.15) is 12.0 Å². The third kappa shape index (κ3) is 3.43. The molecular weight excluding hydrogens is 292 g/mol. The van der Waals surface area contributed by atoms with Gasteiger partial charge in [0.1, 0.15) is 23.3 Å². The molecule has 0 amide bonds. The molecule has 1 aromatic heterocycles. The summed E-state index contributed by atoms with van der Waals surface area (Å²) in [4.78, 5) is 8.20. The van der Waals surface area contributed by atoms with E-state index < -0.39 is 0 Å². The van der Waals surface area contributed by atoms with Gasteiger partial charge in [-0.05, 0) is 18.6 Å². The maximum atomic E-state index is 6.06. The van der Waals surface area contributed by atoms with Crippen LogP contribution in [0.15, 0.2) is 18.5 Å². The van der Waals surface area contributed by atoms with E-state index in [2.05, 4.69) is 9.97 Å². The predicted octanol–water partition coefficient (Wildman–Crippen LogP) is 2.78. The molecule has 1 aliphatic heterocycles. The van der Waals surface area contributed by atoms with E-state index in [0.717, 1.165) is 28.6 Å². The van der Waals surface area contributed by atoms with E-state index in [0.29, 0.717) is 31.6 Å². The van der Waals surface area contributed by atoms with Crippen molar-refractivity contribution in [3.8, 4) is 5.75 Å². The summed E-state index contributed by atoms with van der Waals surface area (Å²) >= 11 is 6.06. The van der Waals surface area contributed by atoms with Gasteiger partial charge >= 0.3 is 0 Å². The SMILES string of the molecule is Cc1cc2c(Cl)ncnc2cc1OCCCOC1COC1. The Morgan fingerprint density at radius 2 is 2.14 bits per heavy atom. The van der Waals surface area contributed by atoms with Gasteiger partial charge in [-0.3, -0.25) is 0 Å². The molecule has 1 aromatic carbocycles. The lowest BCUT2D eigenvalue weighted by atomic mass is 10.1. The Hall–Kier alpha value is -1.43. The number of hydrogen-bond donors (Lipinski definition) is 0. The minimum Gasteiger partial charge on any atom is -0.493 e. The van der Waals surface area contributed by atoms with Crippen molar-refractivity contribution in [2.45, 2.75) is 19.4 Å². The molecule has 0 atom stereocenters. The van der Waals surface area contributed by atoms with Crippen LogP contribution in [-0.2, 0) is 9.47 Å². The second kappa shape index (κ2) is 6.56. The Labute approximate surface area is 128 Å². The number of ether oxygens (including phenoxy) is 3. The first-order valence-electron chi connectivity index (χ1n) is 6.97. The molecule has 5 nitrogen and oxygen atoms in total. The normalized spacial score (nSPS) is 15.1. The second-order valence-electron chi connectivity index (χ2n) is 5.03. The number of benzene rings is 1. The molecule has 6 heteroatoms. The zero-order chi connectivity index (χ0) is 14.7. The zero-order valence-corrected chi connectivity index (χ0v) is 12.6. The van der Waals surface area contributed by atoms with E-state index in [1.165, 1.54) is 6.33 Å². The Morgan fingerprint density at radius 3 is 2.90 bits per heavy atom. The van der Waals surface area contributed by atoms with Crippen LogP contribution in [0.4, 0.5) is 0 Å². The fourth-order valence-electron chi connectivity index (χ4n) is 2.12. The highest BCUT2D eigenvalue weighted by Crippen LogP contribution is 2.27. The predicted molar refractivity (Wildman–Crippen MR) is 80.0 cm³/mol. The van der Waals surface area contributed by atoms with Crippen molar-refractivity contribution in [1.82, 2.24) is 9.97 Å². The van der Waals surface area contributed by atoms with Crippen molar-refractivity contribution in [3.63, 3.8) is 0 Å². The summed E-state index contributed by atoms with van der Waals surface area (Å²) in [5, 5.41) is 1.31. The van der Waals surface area contributed by atoms with Gasteiger partial charge < -0.3 is 14.2 Å². The lowest BCUT2D eigenvalue weighted by molar-refractivity contribution is -0.130. The van der Waals surface area contributed by atoms with E-state index in [4.69, 9.17) is 25.8 Å². The highest BCUT2D eigenvalue weighted by Gasteiger charge is 2.18. The molecule has 112 valence electrons. The summed E-state index contributed by atoms with van der Waals surface area (Å²) in [5.74, 6) is 0.823. The van der Waals surface area contributed by atoms with Crippen LogP contribution in [0.2, 0.25) is 5.15 Å². The van der Waals surface area contributed by atoms with Gasteiger partial charge in [0.25, 0.3) is 0 Å². The smallest absolute Gasteiger partial charge is 0.140 e. The van der Waals surface area contributed by atoms with Crippen LogP contribution in [0.5, 0.6) is 5.75 Å². The summed E-state index contributed by atoms with van der Waals surface area (Å²) in [7, 11) is 0. The first-order valence-corrected chi connectivity index (χ1v) is 7.35. The molecule has 2 heterocycles. The summed E-state index contributed by atoms with van der Waals surface area (Å²) in [5.41, 5.74) is 1.81. The molecule has 1 aliphatic rings. The van der Waals surface area contributed by atoms with Gasteiger partial charge in [0.2, 0.25) is 0 Å². The van der Waals surface area contributed by atoms with Crippen molar-refractivity contribution in [3.05, 3.63) is 29.2 Å². The van der Waals surface area contributed by atoms with Crippen LogP contribution < -0.4 is 4.74 Å². The molecule has 1 fully saturated rings. The summed E-state index contributed by atoms with van der Waals surface area (Å²) in [6, 6.07) is 3.86. The van der Waals surface area contributed by atoms with Gasteiger partial charge in [-0.2, -0.15) is 0 Å². The minimum absolute atomic E-state index is 0.270. The monoisotopic (exact) mass is 308 g/mol. The molecule has 0 aliphatic carbocycles. The molecule has 0 radical (unpaired) electrons. The van der Waals surface area contributed by atoms with Crippen LogP contribution in [-0.4, -0.2) is 42.5 Å². The van der Waals surface area contributed by atoms with Gasteiger partial charge in [0.05, 0.1) is 31.9 Å². The van der Waals surface area contributed by atoms with Crippen molar-refractivity contribution in [1.29, 1.82) is 0 Å². The maximum Gasteiger partial charge on any atom is 0.140 e. The standard InChI is InChI=1S/C15H17ClN2O3/c1-10-5-12-13(17-9-18-15(12)16)6-14(10)21-4-2-3-20-11-7-19-8-11/h5-6,9,11H,2-4,7-8H2,1H3. The maximum absolute atomic E-state index is 6.06. The van der Waals surface area contributed by atoms with Gasteiger partial charge in [0.15, 0.2) is 0 Å². The van der Waals surface area contributed by atoms with Crippen molar-refractivity contribution < 1.29 is 14.2 Å². The third-order valence-corrected chi connectivity index (χ3v) is 3.69. The molecule has 2 aromatic rings. The number of rotatable bonds is 6. The van der Waals surface area contributed by atoms with Gasteiger partial charge in [-0.1, -0.05) is 11.6 Å². The van der Waals surface area contributed by atoms with E-state index in [9.17, 15) is 0 Å². The molecule has 3 rings (SSSR count). The number of halogens is 1. The Kier molecular flexibility index (Phi) is 4.53. The zero-order valence-electron chi connectivity index (χ0n) is 11.8. The fraction of sp³-hybridized carbons (Fsp3) is 0.467. The first-order chi connectivity index (χ1) is 10.2. The van der Waals surface area contributed by atoms with E-state index in [-0.39, 0.29) is 6.10 Å². The first kappa shape index (κ1) is 14.5. The average Bonchev–Trinajstić information content (AvgIpc) is 2.42. The minimum atomic E-state index is 0.270. The van der Waals surface area contributed by atoms with Crippen molar-refractivity contribution in [2.75, 3.05) is 26.4 Å².